The molecule has 0 radical (unpaired) electrons. The predicted octanol–water partition coefficient (Wildman–Crippen LogP) is 3.22. The maximum atomic E-state index is 13.3. The van der Waals surface area contributed by atoms with Crippen LogP contribution in [0.1, 0.15) is 57.6 Å². The van der Waals surface area contributed by atoms with Crippen molar-refractivity contribution < 1.29 is 19.1 Å². The molecule has 2 rings (SSSR count). The van der Waals surface area contributed by atoms with Crippen LogP contribution < -0.4 is 10.6 Å². The van der Waals surface area contributed by atoms with Gasteiger partial charge in [0.15, 0.2) is 0 Å². The molecular weight excluding hydrogens is 394 g/mol. The zero-order chi connectivity index (χ0) is 23.2. The summed E-state index contributed by atoms with van der Waals surface area (Å²) >= 11 is 0. The Hall–Kier alpha value is -2.57. The average molecular weight is 432 g/mol. The zero-order valence-electron chi connectivity index (χ0n) is 19.7. The molecule has 1 aromatic rings. The van der Waals surface area contributed by atoms with Crippen LogP contribution in [0, 0.1) is 18.3 Å². The van der Waals surface area contributed by atoms with Crippen LogP contribution in [-0.2, 0) is 14.3 Å². The van der Waals surface area contributed by atoms with Gasteiger partial charge in [0.05, 0.1) is 7.11 Å². The molecule has 3 amide bonds. The van der Waals surface area contributed by atoms with E-state index in [0.717, 1.165) is 6.42 Å². The standard InChI is InChI=1S/C24H37N3O4/c1-16(2)21(26-20(28)11-13-25-23(30)31-6)22(29)27-14-12-19(24(4,5)15-27)18-9-7-17(3)8-10-18/h7-10,16,19,21H,11-15H2,1-6H3,(H,25,30)(H,26,28)/t19?,21-/m1/s1. The predicted molar refractivity (Wildman–Crippen MR) is 121 cm³/mol. The van der Waals surface area contributed by atoms with Gasteiger partial charge in [0, 0.05) is 26.1 Å². The normalized spacial score (nSPS) is 18.9. The summed E-state index contributed by atoms with van der Waals surface area (Å²) in [5, 5.41) is 5.34. The third kappa shape index (κ3) is 6.71. The maximum absolute atomic E-state index is 13.3. The number of aryl methyl sites for hydroxylation is 1. The largest absolute Gasteiger partial charge is 0.453 e. The van der Waals surface area contributed by atoms with Crippen LogP contribution in [-0.4, -0.2) is 55.6 Å². The summed E-state index contributed by atoms with van der Waals surface area (Å²) in [4.78, 5) is 38.6. The lowest BCUT2D eigenvalue weighted by Gasteiger charge is -2.45. The van der Waals surface area contributed by atoms with E-state index in [1.165, 1.54) is 18.2 Å². The highest BCUT2D eigenvalue weighted by Gasteiger charge is 2.40. The summed E-state index contributed by atoms with van der Waals surface area (Å²) in [6, 6.07) is 8.08. The van der Waals surface area contributed by atoms with E-state index < -0.39 is 12.1 Å². The molecule has 1 fully saturated rings. The number of amides is 3. The molecule has 172 valence electrons. The molecule has 2 atom stereocenters. The van der Waals surface area contributed by atoms with Gasteiger partial charge in [0.2, 0.25) is 11.8 Å². The summed E-state index contributed by atoms with van der Waals surface area (Å²) in [6.07, 6.45) is 0.402. The second-order valence-electron chi connectivity index (χ2n) is 9.46. The summed E-state index contributed by atoms with van der Waals surface area (Å²) in [5.74, 6) is 0.0357. The third-order valence-electron chi connectivity index (χ3n) is 6.08. The van der Waals surface area contributed by atoms with Crippen LogP contribution in [0.15, 0.2) is 24.3 Å². The number of rotatable bonds is 7. The molecule has 0 bridgehead atoms. The Labute approximate surface area is 185 Å². The number of nitrogens with one attached hydrogen (secondary N) is 2. The molecule has 0 aliphatic carbocycles. The molecule has 0 saturated carbocycles. The van der Waals surface area contributed by atoms with E-state index in [1.54, 1.807) is 0 Å². The first-order chi connectivity index (χ1) is 14.5. The molecule has 0 spiro atoms. The Morgan fingerprint density at radius 1 is 1.19 bits per heavy atom. The lowest BCUT2D eigenvalue weighted by Crippen LogP contribution is -2.56. The van der Waals surface area contributed by atoms with Crippen molar-refractivity contribution in [2.75, 3.05) is 26.7 Å². The molecule has 0 aromatic heterocycles. The Morgan fingerprint density at radius 3 is 2.39 bits per heavy atom. The van der Waals surface area contributed by atoms with Crippen LogP contribution >= 0.6 is 0 Å². The number of benzene rings is 1. The Morgan fingerprint density at radius 2 is 1.84 bits per heavy atom. The topological polar surface area (TPSA) is 87.7 Å². The zero-order valence-corrected chi connectivity index (χ0v) is 19.7. The van der Waals surface area contributed by atoms with Gasteiger partial charge in [-0.05, 0) is 36.2 Å². The number of piperidine rings is 1. The number of carbonyl (C=O) groups excluding carboxylic acids is 3. The van der Waals surface area contributed by atoms with Crippen LogP contribution in [0.5, 0.6) is 0 Å². The maximum Gasteiger partial charge on any atom is 0.406 e. The smallest absolute Gasteiger partial charge is 0.406 e. The van der Waals surface area contributed by atoms with Gasteiger partial charge in [-0.3, -0.25) is 9.59 Å². The molecule has 1 aliphatic heterocycles. The van der Waals surface area contributed by atoms with Gasteiger partial charge in [-0.15, -0.1) is 0 Å². The first-order valence-electron chi connectivity index (χ1n) is 11.0. The fourth-order valence-electron chi connectivity index (χ4n) is 4.27. The molecule has 1 aromatic carbocycles. The van der Waals surface area contributed by atoms with E-state index >= 15 is 0 Å². The highest BCUT2D eigenvalue weighted by molar-refractivity contribution is 5.88. The van der Waals surface area contributed by atoms with Crippen LogP contribution in [0.4, 0.5) is 4.79 Å². The summed E-state index contributed by atoms with van der Waals surface area (Å²) in [5.41, 5.74) is 2.49. The van der Waals surface area contributed by atoms with Crippen LogP contribution in [0.2, 0.25) is 0 Å². The molecule has 1 saturated heterocycles. The monoisotopic (exact) mass is 431 g/mol. The van der Waals surface area contributed by atoms with Gasteiger partial charge < -0.3 is 20.3 Å². The first kappa shape index (κ1) is 24.7. The van der Waals surface area contributed by atoms with Crippen molar-refractivity contribution in [2.24, 2.45) is 11.3 Å². The Bertz CT molecular complexity index is 774. The molecule has 31 heavy (non-hydrogen) atoms. The fraction of sp³-hybridized carbons (Fsp3) is 0.625. The number of likely N-dealkylation sites (tertiary alicyclic amines) is 1. The van der Waals surface area contributed by atoms with Crippen molar-refractivity contribution >= 4 is 17.9 Å². The number of carbonyl (C=O) groups is 3. The van der Waals surface area contributed by atoms with E-state index in [4.69, 9.17) is 0 Å². The highest BCUT2D eigenvalue weighted by atomic mass is 16.5. The second kappa shape index (κ2) is 10.6. The number of ether oxygens (including phenoxy) is 1. The molecule has 1 unspecified atom stereocenters. The quantitative estimate of drug-likeness (QED) is 0.694. The van der Waals surface area contributed by atoms with E-state index in [2.05, 4.69) is 60.4 Å². The van der Waals surface area contributed by atoms with E-state index in [-0.39, 0.29) is 36.1 Å². The van der Waals surface area contributed by atoms with E-state index in [9.17, 15) is 14.4 Å². The third-order valence-corrected chi connectivity index (χ3v) is 6.08. The van der Waals surface area contributed by atoms with Gasteiger partial charge in [-0.2, -0.15) is 0 Å². The SMILES string of the molecule is COC(=O)NCCC(=O)N[C@@H](C(=O)N1CCC(c2ccc(C)cc2)C(C)(C)C1)C(C)C. The van der Waals surface area contributed by atoms with Gasteiger partial charge in [-0.1, -0.05) is 57.5 Å². The van der Waals surface area contributed by atoms with Gasteiger partial charge in [0.1, 0.15) is 6.04 Å². The lowest BCUT2D eigenvalue weighted by molar-refractivity contribution is -0.140. The van der Waals surface area contributed by atoms with Crippen molar-refractivity contribution in [3.05, 3.63) is 35.4 Å². The summed E-state index contributed by atoms with van der Waals surface area (Å²) in [6.45, 7) is 11.8. The lowest BCUT2D eigenvalue weighted by atomic mass is 9.70. The van der Waals surface area contributed by atoms with Crippen molar-refractivity contribution in [1.29, 1.82) is 0 Å². The van der Waals surface area contributed by atoms with Gasteiger partial charge in [0.25, 0.3) is 0 Å². The number of hydrogen-bond donors (Lipinski definition) is 2. The molecule has 1 aliphatic rings. The minimum absolute atomic E-state index is 0.0389. The molecule has 1 heterocycles. The molecular formula is C24H37N3O4. The molecule has 7 heteroatoms. The van der Waals surface area contributed by atoms with E-state index in [1.807, 2.05) is 18.7 Å². The van der Waals surface area contributed by atoms with Crippen LogP contribution in [0.25, 0.3) is 0 Å². The van der Waals surface area contributed by atoms with Gasteiger partial charge in [-0.25, -0.2) is 4.79 Å². The second-order valence-corrected chi connectivity index (χ2v) is 9.46. The average Bonchev–Trinajstić information content (AvgIpc) is 2.71. The summed E-state index contributed by atoms with van der Waals surface area (Å²) in [7, 11) is 1.27. The minimum atomic E-state index is -0.586. The van der Waals surface area contributed by atoms with Crippen molar-refractivity contribution in [2.45, 2.75) is 59.4 Å². The summed E-state index contributed by atoms with van der Waals surface area (Å²) < 4.78 is 4.49. The fourth-order valence-corrected chi connectivity index (χ4v) is 4.27. The highest BCUT2D eigenvalue weighted by Crippen LogP contribution is 2.42. The Balaban J connectivity index is 2.00. The van der Waals surface area contributed by atoms with Crippen molar-refractivity contribution in [1.82, 2.24) is 15.5 Å². The number of hydrogen-bond acceptors (Lipinski definition) is 4. The number of nitrogens with zero attached hydrogens (tertiary/aromatic N) is 1. The van der Waals surface area contributed by atoms with E-state index in [0.29, 0.717) is 19.0 Å². The van der Waals surface area contributed by atoms with Crippen molar-refractivity contribution in [3.63, 3.8) is 0 Å². The number of alkyl carbamates (subject to hydrolysis) is 1. The molecule has 2 N–H and O–H groups in total. The first-order valence-corrected chi connectivity index (χ1v) is 11.0. The Kier molecular flexibility index (Phi) is 8.48. The minimum Gasteiger partial charge on any atom is -0.453 e. The van der Waals surface area contributed by atoms with Crippen molar-refractivity contribution in [3.8, 4) is 0 Å². The number of methoxy groups -OCH3 is 1. The van der Waals surface area contributed by atoms with Gasteiger partial charge >= 0.3 is 6.09 Å². The molecule has 7 nitrogen and oxygen atoms in total. The van der Waals surface area contributed by atoms with Crippen LogP contribution in [0.3, 0.4) is 0 Å².